The fourth-order valence-electron chi connectivity index (χ4n) is 1.76. The summed E-state index contributed by atoms with van der Waals surface area (Å²) in [6.07, 6.45) is 0. The lowest BCUT2D eigenvalue weighted by molar-refractivity contribution is 0.0696. The van der Waals surface area contributed by atoms with Crippen LogP contribution in [0.5, 0.6) is 0 Å². The van der Waals surface area contributed by atoms with Crippen molar-refractivity contribution in [2.24, 2.45) is 0 Å². The number of aromatic nitrogens is 1. The van der Waals surface area contributed by atoms with Crippen molar-refractivity contribution in [1.29, 1.82) is 0 Å². The van der Waals surface area contributed by atoms with E-state index in [0.717, 1.165) is 6.07 Å². The topological polar surface area (TPSA) is 62.2 Å². The first-order chi connectivity index (χ1) is 9.38. The van der Waals surface area contributed by atoms with E-state index < -0.39 is 17.6 Å². The molecule has 0 aliphatic carbocycles. The summed E-state index contributed by atoms with van der Waals surface area (Å²) in [5, 5.41) is 11.4. The number of anilines is 2. The predicted octanol–water partition coefficient (Wildman–Crippen LogP) is 3.42. The van der Waals surface area contributed by atoms with Crippen LogP contribution in [0.3, 0.4) is 0 Å². The van der Waals surface area contributed by atoms with Crippen LogP contribution in [0.1, 0.15) is 21.6 Å². The van der Waals surface area contributed by atoms with Gasteiger partial charge in [-0.2, -0.15) is 0 Å². The third-order valence-electron chi connectivity index (χ3n) is 2.74. The number of carbonyl (C=O) groups is 1. The molecule has 0 aliphatic rings. The number of aryl methyl sites for hydroxylation is 2. The number of halogens is 2. The van der Waals surface area contributed by atoms with Gasteiger partial charge in [0.05, 0.1) is 5.56 Å². The standard InChI is InChI=1S/C14H12F2N2O2/c1-7-3-4-10(15)13(12(7)16)18-11-6-9(14(19)20)5-8(2)17-11/h3-6H,1-2H3,(H,17,18)(H,19,20). The Balaban J connectivity index is 2.45. The maximum atomic E-state index is 13.9. The van der Waals surface area contributed by atoms with Gasteiger partial charge in [0.1, 0.15) is 17.3 Å². The normalized spacial score (nSPS) is 10.4. The zero-order valence-corrected chi connectivity index (χ0v) is 10.9. The molecule has 2 rings (SSSR count). The van der Waals surface area contributed by atoms with Gasteiger partial charge >= 0.3 is 5.97 Å². The summed E-state index contributed by atoms with van der Waals surface area (Å²) in [5.74, 6) is -2.56. The third-order valence-corrected chi connectivity index (χ3v) is 2.74. The SMILES string of the molecule is Cc1cc(C(=O)O)cc(Nc2c(F)ccc(C)c2F)n1. The lowest BCUT2D eigenvalue weighted by Crippen LogP contribution is -2.04. The van der Waals surface area contributed by atoms with Crippen molar-refractivity contribution in [1.82, 2.24) is 4.98 Å². The Labute approximate surface area is 114 Å². The maximum Gasteiger partial charge on any atom is 0.335 e. The van der Waals surface area contributed by atoms with Gasteiger partial charge in [-0.05, 0) is 37.6 Å². The molecule has 104 valence electrons. The highest BCUT2D eigenvalue weighted by molar-refractivity contribution is 5.88. The molecule has 2 aromatic rings. The molecule has 0 radical (unpaired) electrons. The summed E-state index contributed by atoms with van der Waals surface area (Å²) in [4.78, 5) is 15.0. The van der Waals surface area contributed by atoms with E-state index >= 15 is 0 Å². The molecule has 6 heteroatoms. The van der Waals surface area contributed by atoms with Crippen molar-refractivity contribution in [3.05, 3.63) is 52.7 Å². The molecule has 0 amide bonds. The minimum Gasteiger partial charge on any atom is -0.478 e. The van der Waals surface area contributed by atoms with Crippen molar-refractivity contribution >= 4 is 17.5 Å². The van der Waals surface area contributed by atoms with Crippen LogP contribution in [-0.4, -0.2) is 16.1 Å². The fraction of sp³-hybridized carbons (Fsp3) is 0.143. The average molecular weight is 278 g/mol. The molecule has 20 heavy (non-hydrogen) atoms. The van der Waals surface area contributed by atoms with Crippen LogP contribution in [0.2, 0.25) is 0 Å². The quantitative estimate of drug-likeness (QED) is 0.903. The molecule has 0 atom stereocenters. The van der Waals surface area contributed by atoms with Gasteiger partial charge in [-0.3, -0.25) is 0 Å². The molecule has 0 spiro atoms. The number of carboxylic acids is 1. The molecule has 1 aromatic heterocycles. The summed E-state index contributed by atoms with van der Waals surface area (Å²) in [6.45, 7) is 3.10. The Hall–Kier alpha value is -2.50. The molecular weight excluding hydrogens is 266 g/mol. The van der Waals surface area contributed by atoms with Crippen LogP contribution < -0.4 is 5.32 Å². The van der Waals surface area contributed by atoms with Crippen LogP contribution >= 0.6 is 0 Å². The molecular formula is C14H12F2N2O2. The van der Waals surface area contributed by atoms with Gasteiger partial charge < -0.3 is 10.4 Å². The smallest absolute Gasteiger partial charge is 0.335 e. The minimum absolute atomic E-state index is 0.00605. The van der Waals surface area contributed by atoms with E-state index in [-0.39, 0.29) is 22.6 Å². The molecule has 0 saturated carbocycles. The maximum absolute atomic E-state index is 13.9. The van der Waals surface area contributed by atoms with Gasteiger partial charge in [-0.15, -0.1) is 0 Å². The average Bonchev–Trinajstić information content (AvgIpc) is 2.38. The Bertz CT molecular complexity index is 687. The van der Waals surface area contributed by atoms with Gasteiger partial charge in [-0.1, -0.05) is 6.07 Å². The first-order valence-electron chi connectivity index (χ1n) is 5.82. The summed E-state index contributed by atoms with van der Waals surface area (Å²) >= 11 is 0. The summed E-state index contributed by atoms with van der Waals surface area (Å²) in [7, 11) is 0. The molecule has 0 unspecified atom stereocenters. The van der Waals surface area contributed by atoms with Crippen LogP contribution in [-0.2, 0) is 0 Å². The van der Waals surface area contributed by atoms with Gasteiger partial charge in [-0.25, -0.2) is 18.6 Å². The van der Waals surface area contributed by atoms with Crippen LogP contribution in [0.15, 0.2) is 24.3 Å². The van der Waals surface area contributed by atoms with Gasteiger partial charge in [0.15, 0.2) is 5.82 Å². The molecule has 0 saturated heterocycles. The van der Waals surface area contributed by atoms with Crippen LogP contribution in [0.4, 0.5) is 20.3 Å². The van der Waals surface area contributed by atoms with Crippen molar-refractivity contribution in [2.45, 2.75) is 13.8 Å². The van der Waals surface area contributed by atoms with Crippen molar-refractivity contribution in [3.8, 4) is 0 Å². The van der Waals surface area contributed by atoms with E-state index in [1.165, 1.54) is 25.1 Å². The van der Waals surface area contributed by atoms with Crippen molar-refractivity contribution in [3.63, 3.8) is 0 Å². The zero-order valence-electron chi connectivity index (χ0n) is 10.9. The number of nitrogens with one attached hydrogen (secondary N) is 1. The Morgan fingerprint density at radius 3 is 2.60 bits per heavy atom. The number of benzene rings is 1. The number of pyridine rings is 1. The second-order valence-electron chi connectivity index (χ2n) is 4.37. The lowest BCUT2D eigenvalue weighted by atomic mass is 10.2. The third kappa shape index (κ3) is 2.74. The molecule has 1 aromatic carbocycles. The van der Waals surface area contributed by atoms with Crippen molar-refractivity contribution in [2.75, 3.05) is 5.32 Å². The predicted molar refractivity (Wildman–Crippen MR) is 70.3 cm³/mol. The second-order valence-corrected chi connectivity index (χ2v) is 4.37. The number of rotatable bonds is 3. The number of carboxylic acid groups (broad SMARTS) is 1. The van der Waals surface area contributed by atoms with Crippen molar-refractivity contribution < 1.29 is 18.7 Å². The lowest BCUT2D eigenvalue weighted by Gasteiger charge is -2.11. The summed E-state index contributed by atoms with van der Waals surface area (Å²) < 4.78 is 27.5. The molecule has 0 fully saturated rings. The van der Waals surface area contributed by atoms with Gasteiger partial charge in [0.25, 0.3) is 0 Å². The van der Waals surface area contributed by atoms with E-state index in [1.54, 1.807) is 6.92 Å². The molecule has 2 N–H and O–H groups in total. The highest BCUT2D eigenvalue weighted by Crippen LogP contribution is 2.25. The summed E-state index contributed by atoms with van der Waals surface area (Å²) in [6, 6.07) is 5.05. The first-order valence-corrected chi connectivity index (χ1v) is 5.82. The molecule has 1 heterocycles. The summed E-state index contributed by atoms with van der Waals surface area (Å²) in [5.41, 5.74) is 0.355. The van der Waals surface area contributed by atoms with E-state index in [2.05, 4.69) is 10.3 Å². The molecule has 0 aliphatic heterocycles. The highest BCUT2D eigenvalue weighted by atomic mass is 19.1. The highest BCUT2D eigenvalue weighted by Gasteiger charge is 2.13. The number of hydrogen-bond acceptors (Lipinski definition) is 3. The van der Waals surface area contributed by atoms with E-state index in [9.17, 15) is 13.6 Å². The first kappa shape index (κ1) is 13.9. The monoisotopic (exact) mass is 278 g/mol. The van der Waals surface area contributed by atoms with E-state index in [0.29, 0.717) is 5.69 Å². The Morgan fingerprint density at radius 1 is 1.25 bits per heavy atom. The largest absolute Gasteiger partial charge is 0.478 e. The number of nitrogens with zero attached hydrogens (tertiary/aromatic N) is 1. The van der Waals surface area contributed by atoms with Crippen LogP contribution in [0, 0.1) is 25.5 Å². The molecule has 0 bridgehead atoms. The van der Waals surface area contributed by atoms with Crippen LogP contribution in [0.25, 0.3) is 0 Å². The Morgan fingerprint density at radius 2 is 1.95 bits per heavy atom. The zero-order chi connectivity index (χ0) is 14.9. The molecule has 4 nitrogen and oxygen atoms in total. The fourth-order valence-corrected chi connectivity index (χ4v) is 1.76. The van der Waals surface area contributed by atoms with E-state index in [4.69, 9.17) is 5.11 Å². The van der Waals surface area contributed by atoms with Gasteiger partial charge in [0, 0.05) is 5.69 Å². The Kier molecular flexibility index (Phi) is 3.65. The number of aromatic carboxylic acids is 1. The number of hydrogen-bond donors (Lipinski definition) is 2. The van der Waals surface area contributed by atoms with E-state index in [1.807, 2.05) is 0 Å². The van der Waals surface area contributed by atoms with Gasteiger partial charge in [0.2, 0.25) is 0 Å². The second kappa shape index (κ2) is 5.24. The minimum atomic E-state index is -1.14.